The maximum Gasteiger partial charge on any atom is 0.0185 e. The van der Waals surface area contributed by atoms with Crippen molar-refractivity contribution in [3.63, 3.8) is 0 Å². The van der Waals surface area contributed by atoms with E-state index in [1.165, 1.54) is 9.13 Å². The van der Waals surface area contributed by atoms with Crippen molar-refractivity contribution >= 4 is 34.4 Å². The summed E-state index contributed by atoms with van der Waals surface area (Å²) < 4.78 is 1.30. The van der Waals surface area contributed by atoms with Crippen molar-refractivity contribution in [3.05, 3.63) is 33.4 Å². The molecule has 0 aliphatic rings. The van der Waals surface area contributed by atoms with Crippen LogP contribution in [0.4, 0.5) is 0 Å². The summed E-state index contributed by atoms with van der Waals surface area (Å²) in [5, 5.41) is 0. The SMILES string of the molecule is NCCSCc1cccc(I)c1. The van der Waals surface area contributed by atoms with Crippen LogP contribution in [0.5, 0.6) is 0 Å². The molecular formula is C9H12INS. The number of hydrogen-bond donors (Lipinski definition) is 1. The normalized spacial score (nSPS) is 10.2. The summed E-state index contributed by atoms with van der Waals surface area (Å²) in [6.07, 6.45) is 0. The van der Waals surface area contributed by atoms with Gasteiger partial charge < -0.3 is 5.73 Å². The maximum atomic E-state index is 5.40. The Balaban J connectivity index is 2.41. The fourth-order valence-corrected chi connectivity index (χ4v) is 2.23. The van der Waals surface area contributed by atoms with Crippen LogP contribution in [0.2, 0.25) is 0 Å². The minimum absolute atomic E-state index is 0.772. The van der Waals surface area contributed by atoms with Gasteiger partial charge in [0, 0.05) is 21.6 Å². The standard InChI is InChI=1S/C9H12INS/c10-9-3-1-2-8(6-9)7-12-5-4-11/h1-3,6H,4-5,7,11H2. The highest BCUT2D eigenvalue weighted by atomic mass is 127. The lowest BCUT2D eigenvalue weighted by Crippen LogP contribution is -2.01. The average molecular weight is 293 g/mol. The van der Waals surface area contributed by atoms with Crippen LogP contribution in [0, 0.1) is 3.57 Å². The van der Waals surface area contributed by atoms with E-state index in [1.54, 1.807) is 0 Å². The summed E-state index contributed by atoms with van der Waals surface area (Å²) >= 11 is 4.22. The molecule has 0 unspecified atom stereocenters. The summed E-state index contributed by atoms with van der Waals surface area (Å²) in [4.78, 5) is 0. The molecule has 0 aromatic heterocycles. The summed E-state index contributed by atoms with van der Waals surface area (Å²) in [6, 6.07) is 8.58. The molecule has 0 heterocycles. The van der Waals surface area contributed by atoms with E-state index in [4.69, 9.17) is 5.73 Å². The van der Waals surface area contributed by atoms with Crippen LogP contribution < -0.4 is 5.73 Å². The third-order valence-corrected chi connectivity index (χ3v) is 3.15. The van der Waals surface area contributed by atoms with Crippen molar-refractivity contribution < 1.29 is 0 Å². The van der Waals surface area contributed by atoms with Gasteiger partial charge in [0.05, 0.1) is 0 Å². The molecule has 0 bridgehead atoms. The van der Waals surface area contributed by atoms with Crippen LogP contribution >= 0.6 is 34.4 Å². The number of benzene rings is 1. The van der Waals surface area contributed by atoms with Gasteiger partial charge in [0.1, 0.15) is 0 Å². The Labute approximate surface area is 91.3 Å². The first-order valence-corrected chi connectivity index (χ1v) is 6.08. The van der Waals surface area contributed by atoms with E-state index in [9.17, 15) is 0 Å². The first kappa shape index (κ1) is 10.3. The molecule has 0 saturated heterocycles. The number of hydrogen-bond acceptors (Lipinski definition) is 2. The Morgan fingerprint density at radius 2 is 2.25 bits per heavy atom. The lowest BCUT2D eigenvalue weighted by Gasteiger charge is -2.00. The van der Waals surface area contributed by atoms with Gasteiger partial charge in [0.15, 0.2) is 0 Å². The van der Waals surface area contributed by atoms with E-state index < -0.39 is 0 Å². The fourth-order valence-electron chi connectivity index (χ4n) is 0.900. The first-order valence-electron chi connectivity index (χ1n) is 3.85. The minimum Gasteiger partial charge on any atom is -0.330 e. The predicted octanol–water partition coefficient (Wildman–Crippen LogP) is 2.48. The zero-order valence-electron chi connectivity index (χ0n) is 6.79. The number of nitrogens with two attached hydrogens (primary N) is 1. The largest absolute Gasteiger partial charge is 0.330 e. The van der Waals surface area contributed by atoms with Crippen LogP contribution in [-0.4, -0.2) is 12.3 Å². The Morgan fingerprint density at radius 3 is 2.92 bits per heavy atom. The van der Waals surface area contributed by atoms with Gasteiger partial charge >= 0.3 is 0 Å². The second kappa shape index (κ2) is 5.83. The summed E-state index contributed by atoms with van der Waals surface area (Å²) in [6.45, 7) is 0.772. The molecule has 0 aliphatic heterocycles. The van der Waals surface area contributed by atoms with E-state index in [-0.39, 0.29) is 0 Å². The summed E-state index contributed by atoms with van der Waals surface area (Å²) in [5.74, 6) is 2.12. The van der Waals surface area contributed by atoms with Crippen molar-refractivity contribution in [3.8, 4) is 0 Å². The fraction of sp³-hybridized carbons (Fsp3) is 0.333. The van der Waals surface area contributed by atoms with Crippen molar-refractivity contribution in [2.24, 2.45) is 5.73 Å². The molecule has 2 N–H and O–H groups in total. The van der Waals surface area contributed by atoms with Crippen molar-refractivity contribution in [2.75, 3.05) is 12.3 Å². The monoisotopic (exact) mass is 293 g/mol. The van der Waals surface area contributed by atoms with Gasteiger partial charge in [-0.1, -0.05) is 12.1 Å². The molecule has 0 aliphatic carbocycles. The first-order chi connectivity index (χ1) is 5.83. The number of thioether (sulfide) groups is 1. The zero-order chi connectivity index (χ0) is 8.81. The molecule has 0 fully saturated rings. The van der Waals surface area contributed by atoms with E-state index in [0.29, 0.717) is 0 Å². The molecule has 1 aromatic carbocycles. The Morgan fingerprint density at radius 1 is 1.42 bits per heavy atom. The molecular weight excluding hydrogens is 281 g/mol. The number of halogens is 1. The molecule has 12 heavy (non-hydrogen) atoms. The van der Waals surface area contributed by atoms with Crippen molar-refractivity contribution in [1.29, 1.82) is 0 Å². The third kappa shape index (κ3) is 3.78. The molecule has 0 spiro atoms. The lowest BCUT2D eigenvalue weighted by molar-refractivity contribution is 1.15. The van der Waals surface area contributed by atoms with Gasteiger partial charge in [-0.3, -0.25) is 0 Å². The van der Waals surface area contributed by atoms with Gasteiger partial charge in [-0.05, 0) is 40.3 Å². The van der Waals surface area contributed by atoms with Crippen molar-refractivity contribution in [2.45, 2.75) is 5.75 Å². The minimum atomic E-state index is 0.772. The van der Waals surface area contributed by atoms with Gasteiger partial charge in [-0.15, -0.1) is 0 Å². The smallest absolute Gasteiger partial charge is 0.0185 e. The van der Waals surface area contributed by atoms with E-state index in [1.807, 2.05) is 11.8 Å². The predicted molar refractivity (Wildman–Crippen MR) is 64.4 cm³/mol. The highest BCUT2D eigenvalue weighted by molar-refractivity contribution is 14.1. The van der Waals surface area contributed by atoms with Crippen LogP contribution in [0.25, 0.3) is 0 Å². The van der Waals surface area contributed by atoms with E-state index in [2.05, 4.69) is 46.9 Å². The van der Waals surface area contributed by atoms with E-state index >= 15 is 0 Å². The highest BCUT2D eigenvalue weighted by Crippen LogP contribution is 2.14. The average Bonchev–Trinajstić information content (AvgIpc) is 2.05. The lowest BCUT2D eigenvalue weighted by atomic mass is 10.2. The molecule has 1 aromatic rings. The number of rotatable bonds is 4. The van der Waals surface area contributed by atoms with Gasteiger partial charge in [0.25, 0.3) is 0 Å². The topological polar surface area (TPSA) is 26.0 Å². The second-order valence-corrected chi connectivity index (χ2v) is 4.82. The van der Waals surface area contributed by atoms with Crippen LogP contribution in [0.15, 0.2) is 24.3 Å². The highest BCUT2D eigenvalue weighted by Gasteiger charge is 1.93. The Bertz CT molecular complexity index is 240. The van der Waals surface area contributed by atoms with Crippen LogP contribution in [-0.2, 0) is 5.75 Å². The summed E-state index contributed by atoms with van der Waals surface area (Å²) in [7, 11) is 0. The molecule has 0 atom stereocenters. The molecule has 0 amide bonds. The second-order valence-electron chi connectivity index (χ2n) is 2.47. The Kier molecular flexibility index (Phi) is 5.02. The Hall–Kier alpha value is 0.260. The molecule has 1 nitrogen and oxygen atoms in total. The van der Waals surface area contributed by atoms with Crippen LogP contribution in [0.3, 0.4) is 0 Å². The third-order valence-electron chi connectivity index (χ3n) is 1.42. The quantitative estimate of drug-likeness (QED) is 0.682. The molecule has 3 heteroatoms. The van der Waals surface area contributed by atoms with Crippen molar-refractivity contribution in [1.82, 2.24) is 0 Å². The van der Waals surface area contributed by atoms with Gasteiger partial charge in [-0.2, -0.15) is 11.8 Å². The van der Waals surface area contributed by atoms with Gasteiger partial charge in [-0.25, -0.2) is 0 Å². The van der Waals surface area contributed by atoms with Gasteiger partial charge in [0.2, 0.25) is 0 Å². The molecule has 1 rings (SSSR count). The maximum absolute atomic E-state index is 5.40. The molecule has 0 radical (unpaired) electrons. The van der Waals surface area contributed by atoms with Crippen LogP contribution in [0.1, 0.15) is 5.56 Å². The molecule has 0 saturated carbocycles. The zero-order valence-corrected chi connectivity index (χ0v) is 9.77. The molecule has 66 valence electrons. The van der Waals surface area contributed by atoms with E-state index in [0.717, 1.165) is 18.1 Å². The summed E-state index contributed by atoms with van der Waals surface area (Å²) in [5.41, 5.74) is 6.79.